The molecule has 52 valence electrons. The molecule has 1 atom stereocenters. The molecule has 9 heavy (non-hydrogen) atoms. The largest absolute Gasteiger partial charge is 0.249 e. The van der Waals surface area contributed by atoms with Crippen LogP contribution in [0.4, 0.5) is 0 Å². The van der Waals surface area contributed by atoms with E-state index in [-0.39, 0.29) is 0 Å². The van der Waals surface area contributed by atoms with Gasteiger partial charge in [-0.25, -0.2) is 8.99 Å². The second-order valence-corrected chi connectivity index (χ2v) is 4.84. The lowest BCUT2D eigenvalue weighted by molar-refractivity contribution is 0.680. The molecule has 1 aliphatic heterocycles. The Kier molecular flexibility index (Phi) is 1.39. The first-order valence-electron chi connectivity index (χ1n) is 2.97. The molecule has 1 rings (SSSR count). The normalized spacial score (nSPS) is 35.8. The highest BCUT2D eigenvalue weighted by Gasteiger charge is 2.18. The Labute approximate surface area is 55.9 Å². The smallest absolute Gasteiger partial charge is 0.0687 e. The van der Waals surface area contributed by atoms with Gasteiger partial charge in [0.25, 0.3) is 0 Å². The summed E-state index contributed by atoms with van der Waals surface area (Å²) in [5, 5.41) is 0. The Bertz CT molecular complexity index is 248. The lowest BCUT2D eigenvalue weighted by Gasteiger charge is -1.95. The summed E-state index contributed by atoms with van der Waals surface area (Å²) in [6.07, 6.45) is 0.855. The van der Waals surface area contributed by atoms with E-state index in [2.05, 4.69) is 0 Å². The van der Waals surface area contributed by atoms with Gasteiger partial charge in [0.05, 0.1) is 9.73 Å². The minimum Gasteiger partial charge on any atom is -0.249 e. The third-order valence-corrected chi connectivity index (χ3v) is 3.98. The summed E-state index contributed by atoms with van der Waals surface area (Å²) in [4.78, 5) is 0.808. The average Bonchev–Trinajstić information content (AvgIpc) is 1.97. The second-order valence-electron chi connectivity index (χ2n) is 2.47. The highest BCUT2D eigenvalue weighted by molar-refractivity contribution is 7.96. The minimum atomic E-state index is -2.29. The third kappa shape index (κ3) is 1.01. The first-order chi connectivity index (χ1) is 4.04. The maximum absolute atomic E-state index is 11.1. The highest BCUT2D eigenvalue weighted by Crippen LogP contribution is 2.24. The summed E-state index contributed by atoms with van der Waals surface area (Å²) in [5.74, 6) is 0.546. The predicted octanol–water partition coefficient (Wildman–Crippen LogP) is 1.73. The van der Waals surface area contributed by atoms with E-state index in [0.29, 0.717) is 5.75 Å². The number of hydrogen-bond donors (Lipinski definition) is 1. The van der Waals surface area contributed by atoms with Crippen molar-refractivity contribution >= 4 is 9.73 Å². The molecule has 0 spiro atoms. The quantitative estimate of drug-likeness (QED) is 0.554. The van der Waals surface area contributed by atoms with Crippen molar-refractivity contribution in [3.8, 4) is 0 Å². The van der Waals surface area contributed by atoms with E-state index in [4.69, 9.17) is 4.78 Å². The van der Waals surface area contributed by atoms with Crippen LogP contribution in [0.3, 0.4) is 0 Å². The fraction of sp³-hybridized carbons (Fsp3) is 0.667. The Morgan fingerprint density at radius 2 is 2.11 bits per heavy atom. The highest BCUT2D eigenvalue weighted by atomic mass is 32.2. The molecule has 1 heterocycles. The van der Waals surface area contributed by atoms with Crippen LogP contribution in [0.2, 0.25) is 0 Å². The Morgan fingerprint density at radius 3 is 2.22 bits per heavy atom. The van der Waals surface area contributed by atoms with E-state index in [0.717, 1.165) is 16.9 Å². The molecule has 2 nitrogen and oxygen atoms in total. The summed E-state index contributed by atoms with van der Waals surface area (Å²) in [6, 6.07) is 0. The van der Waals surface area contributed by atoms with Gasteiger partial charge >= 0.3 is 0 Å². The van der Waals surface area contributed by atoms with Gasteiger partial charge < -0.3 is 0 Å². The molecular formula is C6H11NOS. The molecule has 0 fully saturated rings. The van der Waals surface area contributed by atoms with Gasteiger partial charge in [-0.1, -0.05) is 5.57 Å². The van der Waals surface area contributed by atoms with Gasteiger partial charge in [0.15, 0.2) is 0 Å². The van der Waals surface area contributed by atoms with Crippen LogP contribution in [0.1, 0.15) is 20.3 Å². The van der Waals surface area contributed by atoms with Crippen molar-refractivity contribution in [3.05, 3.63) is 10.5 Å². The van der Waals surface area contributed by atoms with E-state index >= 15 is 0 Å². The van der Waals surface area contributed by atoms with Crippen molar-refractivity contribution in [1.29, 1.82) is 4.78 Å². The first-order valence-corrected chi connectivity index (χ1v) is 4.69. The predicted molar refractivity (Wildman–Crippen MR) is 38.7 cm³/mol. The van der Waals surface area contributed by atoms with E-state index in [1.807, 2.05) is 6.92 Å². The van der Waals surface area contributed by atoms with Gasteiger partial charge in [0.1, 0.15) is 0 Å². The zero-order chi connectivity index (χ0) is 7.07. The first kappa shape index (κ1) is 6.81. The number of rotatable bonds is 0. The summed E-state index contributed by atoms with van der Waals surface area (Å²) in [5.41, 5.74) is 1.15. The molecule has 0 saturated carbocycles. The Hall–Kier alpha value is -0.310. The van der Waals surface area contributed by atoms with Crippen molar-refractivity contribution in [2.24, 2.45) is 0 Å². The number of nitrogens with one attached hydrogen (secondary N) is 1. The molecule has 1 aliphatic rings. The molecule has 1 N–H and O–H groups in total. The van der Waals surface area contributed by atoms with Gasteiger partial charge in [0, 0.05) is 10.7 Å². The molecular weight excluding hydrogens is 134 g/mol. The monoisotopic (exact) mass is 145 g/mol. The van der Waals surface area contributed by atoms with Crippen LogP contribution < -0.4 is 0 Å². The molecule has 0 aliphatic carbocycles. The topological polar surface area (TPSA) is 40.9 Å². The lowest BCUT2D eigenvalue weighted by atomic mass is 10.2. The second kappa shape index (κ2) is 1.84. The number of hydrogen-bond acceptors (Lipinski definition) is 2. The van der Waals surface area contributed by atoms with Crippen LogP contribution >= 0.6 is 0 Å². The fourth-order valence-electron chi connectivity index (χ4n) is 0.907. The van der Waals surface area contributed by atoms with Crippen molar-refractivity contribution < 1.29 is 4.21 Å². The summed E-state index contributed by atoms with van der Waals surface area (Å²) >= 11 is 0. The van der Waals surface area contributed by atoms with Crippen LogP contribution in [-0.2, 0) is 9.73 Å². The van der Waals surface area contributed by atoms with E-state index in [1.54, 1.807) is 6.92 Å². The zero-order valence-electron chi connectivity index (χ0n) is 5.73. The SMILES string of the molecule is CC1=C(C)S(=N)(=O)CC1. The Morgan fingerprint density at radius 1 is 1.56 bits per heavy atom. The Balaban J connectivity index is 3.17. The fourth-order valence-corrected chi connectivity index (χ4v) is 2.47. The van der Waals surface area contributed by atoms with Crippen LogP contribution in [0, 0.1) is 4.78 Å². The molecule has 1 unspecified atom stereocenters. The summed E-state index contributed by atoms with van der Waals surface area (Å²) < 4.78 is 18.4. The van der Waals surface area contributed by atoms with Crippen LogP contribution in [0.5, 0.6) is 0 Å². The summed E-state index contributed by atoms with van der Waals surface area (Å²) in [6.45, 7) is 3.76. The van der Waals surface area contributed by atoms with Crippen LogP contribution in [-0.4, -0.2) is 9.96 Å². The zero-order valence-corrected chi connectivity index (χ0v) is 6.55. The molecule has 0 aromatic carbocycles. The molecule has 0 bridgehead atoms. The molecule has 0 saturated heterocycles. The molecule has 0 amide bonds. The standard InChI is InChI=1S/C6H11NOS/c1-5-3-4-9(7,8)6(5)2/h7H,3-4H2,1-2H3. The van der Waals surface area contributed by atoms with Crippen molar-refractivity contribution in [3.63, 3.8) is 0 Å². The molecule has 3 heteroatoms. The van der Waals surface area contributed by atoms with Crippen LogP contribution in [0.15, 0.2) is 10.5 Å². The van der Waals surface area contributed by atoms with Gasteiger partial charge in [-0.3, -0.25) is 0 Å². The van der Waals surface area contributed by atoms with Crippen molar-refractivity contribution in [2.75, 3.05) is 5.75 Å². The van der Waals surface area contributed by atoms with Gasteiger partial charge in [-0.15, -0.1) is 0 Å². The minimum absolute atomic E-state index is 0.546. The maximum Gasteiger partial charge on any atom is 0.0687 e. The average molecular weight is 145 g/mol. The van der Waals surface area contributed by atoms with Gasteiger partial charge in [-0.2, -0.15) is 0 Å². The van der Waals surface area contributed by atoms with Gasteiger partial charge in [-0.05, 0) is 20.3 Å². The van der Waals surface area contributed by atoms with E-state index in [9.17, 15) is 4.21 Å². The third-order valence-electron chi connectivity index (χ3n) is 1.86. The van der Waals surface area contributed by atoms with Crippen molar-refractivity contribution in [1.82, 2.24) is 0 Å². The van der Waals surface area contributed by atoms with Crippen LogP contribution in [0.25, 0.3) is 0 Å². The van der Waals surface area contributed by atoms with Crippen molar-refractivity contribution in [2.45, 2.75) is 20.3 Å². The van der Waals surface area contributed by atoms with E-state index < -0.39 is 9.73 Å². The molecule has 0 radical (unpaired) electrons. The summed E-state index contributed by atoms with van der Waals surface area (Å²) in [7, 11) is -2.29. The number of allylic oxidation sites excluding steroid dienone is 2. The lowest BCUT2D eigenvalue weighted by Crippen LogP contribution is -1.95. The molecule has 0 aromatic heterocycles. The van der Waals surface area contributed by atoms with E-state index in [1.165, 1.54) is 0 Å². The molecule has 0 aromatic rings. The van der Waals surface area contributed by atoms with Gasteiger partial charge in [0.2, 0.25) is 0 Å². The maximum atomic E-state index is 11.1.